The van der Waals surface area contributed by atoms with Crippen LogP contribution in [0.4, 0.5) is 16.2 Å². The van der Waals surface area contributed by atoms with E-state index in [0.717, 1.165) is 43.2 Å². The Morgan fingerprint density at radius 3 is 2.40 bits per heavy atom. The van der Waals surface area contributed by atoms with Crippen LogP contribution < -0.4 is 4.90 Å². The van der Waals surface area contributed by atoms with Crippen LogP contribution in [0.15, 0.2) is 47.6 Å². The van der Waals surface area contributed by atoms with Crippen molar-refractivity contribution in [1.82, 2.24) is 5.01 Å². The molecule has 0 atom stereocenters. The molecule has 1 aliphatic carbocycles. The van der Waals surface area contributed by atoms with E-state index in [0.29, 0.717) is 16.9 Å². The molecule has 0 bridgehead atoms. The second-order valence-electron chi connectivity index (χ2n) is 8.29. The molecule has 1 fully saturated rings. The summed E-state index contributed by atoms with van der Waals surface area (Å²) in [5, 5.41) is 16.7. The van der Waals surface area contributed by atoms with Crippen LogP contribution in [0.1, 0.15) is 61.9 Å². The first-order valence-electron chi connectivity index (χ1n) is 10.6. The van der Waals surface area contributed by atoms with Gasteiger partial charge in [0.05, 0.1) is 23.1 Å². The fraction of sp³-hybridized carbons (Fsp3) is 0.375. The largest absolute Gasteiger partial charge is 0.508 e. The van der Waals surface area contributed by atoms with Gasteiger partial charge in [-0.05, 0) is 63.1 Å². The number of amides is 2. The van der Waals surface area contributed by atoms with Gasteiger partial charge in [-0.2, -0.15) is 5.10 Å². The van der Waals surface area contributed by atoms with Gasteiger partial charge in [0.1, 0.15) is 12.0 Å². The third-order valence-corrected chi connectivity index (χ3v) is 5.87. The predicted molar refractivity (Wildman–Crippen MR) is 118 cm³/mol. The molecule has 2 aliphatic rings. The molecule has 2 aromatic rings. The van der Waals surface area contributed by atoms with Gasteiger partial charge in [0.15, 0.2) is 0 Å². The molecule has 6 nitrogen and oxygen atoms in total. The second kappa shape index (κ2) is 8.30. The summed E-state index contributed by atoms with van der Waals surface area (Å²) in [4.78, 5) is 26.3. The number of nitrogens with zero attached hydrogens (tertiary/aromatic N) is 3. The minimum atomic E-state index is -0.276. The molecule has 156 valence electrons. The molecule has 1 aliphatic heterocycles. The number of aldehydes is 1. The van der Waals surface area contributed by atoms with E-state index >= 15 is 0 Å². The molecule has 0 aromatic heterocycles. The van der Waals surface area contributed by atoms with Crippen LogP contribution in [0.2, 0.25) is 0 Å². The Bertz CT molecular complexity index is 976. The summed E-state index contributed by atoms with van der Waals surface area (Å²) < 4.78 is 0. The summed E-state index contributed by atoms with van der Waals surface area (Å²) in [6.07, 6.45) is 6.42. The normalized spacial score (nSPS) is 17.6. The van der Waals surface area contributed by atoms with Crippen molar-refractivity contribution in [1.29, 1.82) is 0 Å². The van der Waals surface area contributed by atoms with Gasteiger partial charge >= 0.3 is 6.03 Å². The van der Waals surface area contributed by atoms with E-state index in [1.54, 1.807) is 41.3 Å². The number of anilines is 2. The molecule has 1 saturated carbocycles. The van der Waals surface area contributed by atoms with Gasteiger partial charge in [-0.15, -0.1) is 0 Å². The zero-order valence-corrected chi connectivity index (χ0v) is 17.4. The maximum atomic E-state index is 13.6. The molecule has 1 heterocycles. The monoisotopic (exact) mass is 405 g/mol. The SMILES string of the molecule is CC(C)N1N=C(C2CCCCC2)c2ccc(O)cc2N(c2ccc(C=O)cc2)C1=O. The quantitative estimate of drug-likeness (QED) is 0.685. The van der Waals surface area contributed by atoms with E-state index in [-0.39, 0.29) is 23.7 Å². The fourth-order valence-corrected chi connectivity index (χ4v) is 4.31. The van der Waals surface area contributed by atoms with Crippen molar-refractivity contribution < 1.29 is 14.7 Å². The number of carbonyl (C=O) groups excluding carboxylic acids is 2. The van der Waals surface area contributed by atoms with Gasteiger partial charge < -0.3 is 5.11 Å². The third kappa shape index (κ3) is 3.70. The first-order valence-corrected chi connectivity index (χ1v) is 10.6. The first kappa shape index (κ1) is 20.1. The predicted octanol–water partition coefficient (Wildman–Crippen LogP) is 5.47. The van der Waals surface area contributed by atoms with Gasteiger partial charge in [-0.25, -0.2) is 9.80 Å². The Morgan fingerprint density at radius 1 is 1.07 bits per heavy atom. The zero-order valence-electron chi connectivity index (χ0n) is 17.4. The van der Waals surface area contributed by atoms with Crippen LogP contribution in [0.25, 0.3) is 0 Å². The maximum Gasteiger partial charge on any atom is 0.349 e. The molecule has 0 radical (unpaired) electrons. The Kier molecular flexibility index (Phi) is 5.57. The average molecular weight is 405 g/mol. The number of hydrazone groups is 1. The lowest BCUT2D eigenvalue weighted by molar-refractivity contribution is 0.112. The molecule has 0 spiro atoms. The Hall–Kier alpha value is -3.15. The Morgan fingerprint density at radius 2 is 1.77 bits per heavy atom. The van der Waals surface area contributed by atoms with E-state index in [9.17, 15) is 14.7 Å². The lowest BCUT2D eigenvalue weighted by atomic mass is 9.83. The summed E-state index contributed by atoms with van der Waals surface area (Å²) in [7, 11) is 0. The molecule has 2 aromatic carbocycles. The van der Waals surface area contributed by atoms with Crippen molar-refractivity contribution in [2.45, 2.75) is 52.0 Å². The summed E-state index contributed by atoms with van der Waals surface area (Å²) in [5.74, 6) is 0.380. The number of rotatable bonds is 4. The van der Waals surface area contributed by atoms with Crippen LogP contribution in [0.5, 0.6) is 5.75 Å². The Labute approximate surface area is 176 Å². The van der Waals surface area contributed by atoms with Crippen LogP contribution in [-0.2, 0) is 0 Å². The molecule has 0 unspecified atom stereocenters. The minimum absolute atomic E-state index is 0.0945. The maximum absolute atomic E-state index is 13.6. The topological polar surface area (TPSA) is 73.2 Å². The van der Waals surface area contributed by atoms with E-state index in [2.05, 4.69) is 0 Å². The highest BCUT2D eigenvalue weighted by Crippen LogP contribution is 2.39. The van der Waals surface area contributed by atoms with Crippen LogP contribution in [0.3, 0.4) is 0 Å². The molecule has 30 heavy (non-hydrogen) atoms. The van der Waals surface area contributed by atoms with Crippen molar-refractivity contribution in [3.63, 3.8) is 0 Å². The van der Waals surface area contributed by atoms with Crippen LogP contribution >= 0.6 is 0 Å². The number of urea groups is 1. The van der Waals surface area contributed by atoms with Crippen molar-refractivity contribution in [3.05, 3.63) is 53.6 Å². The van der Waals surface area contributed by atoms with Crippen LogP contribution in [-0.4, -0.2) is 34.2 Å². The number of aromatic hydroxyl groups is 1. The van der Waals surface area contributed by atoms with Crippen molar-refractivity contribution >= 4 is 29.4 Å². The van der Waals surface area contributed by atoms with Crippen LogP contribution in [0, 0.1) is 5.92 Å². The van der Waals surface area contributed by atoms with E-state index in [1.807, 2.05) is 19.9 Å². The molecule has 1 N–H and O–H groups in total. The lowest BCUT2D eigenvalue weighted by Gasteiger charge is -2.28. The average Bonchev–Trinajstić information content (AvgIpc) is 2.88. The highest BCUT2D eigenvalue weighted by molar-refractivity contribution is 6.14. The molecule has 2 amide bonds. The first-order chi connectivity index (χ1) is 14.5. The fourth-order valence-electron chi connectivity index (χ4n) is 4.31. The molecular weight excluding hydrogens is 378 g/mol. The smallest absolute Gasteiger partial charge is 0.349 e. The standard InChI is InChI=1S/C24H27N3O3/c1-16(2)27-24(30)26(19-10-8-17(15-28)9-11-19)22-14-20(29)12-13-21(22)23(25-27)18-6-4-3-5-7-18/h8-16,18,29H,3-7H2,1-2H3. The van der Waals surface area contributed by atoms with Gasteiger partial charge in [0.25, 0.3) is 0 Å². The van der Waals surface area contributed by atoms with Gasteiger partial charge in [-0.3, -0.25) is 9.69 Å². The van der Waals surface area contributed by atoms with Crippen molar-refractivity contribution in [2.75, 3.05) is 4.90 Å². The minimum Gasteiger partial charge on any atom is -0.508 e. The van der Waals surface area contributed by atoms with Gasteiger partial charge in [0, 0.05) is 23.1 Å². The highest BCUT2D eigenvalue weighted by atomic mass is 16.3. The number of benzene rings is 2. The number of phenolic OH excluding ortho intramolecular Hbond substituents is 1. The highest BCUT2D eigenvalue weighted by Gasteiger charge is 2.35. The molecule has 4 rings (SSSR count). The van der Waals surface area contributed by atoms with Gasteiger partial charge in [-0.1, -0.05) is 19.3 Å². The zero-order chi connectivity index (χ0) is 21.3. The third-order valence-electron chi connectivity index (χ3n) is 5.87. The number of hydrogen-bond donors (Lipinski definition) is 1. The number of fused-ring (bicyclic) bond motifs is 1. The lowest BCUT2D eigenvalue weighted by Crippen LogP contribution is -2.41. The van der Waals surface area contributed by atoms with E-state index < -0.39 is 0 Å². The molecule has 6 heteroatoms. The second-order valence-corrected chi connectivity index (χ2v) is 8.29. The van der Waals surface area contributed by atoms with E-state index in [4.69, 9.17) is 5.10 Å². The summed E-state index contributed by atoms with van der Waals surface area (Å²) in [6, 6.07) is 11.6. The number of carbonyl (C=O) groups is 2. The Balaban J connectivity index is 1.90. The summed E-state index contributed by atoms with van der Waals surface area (Å²) in [5.41, 5.74) is 3.57. The van der Waals surface area contributed by atoms with Crippen molar-refractivity contribution in [3.8, 4) is 5.75 Å². The number of hydrogen-bond acceptors (Lipinski definition) is 4. The summed E-state index contributed by atoms with van der Waals surface area (Å²) in [6.45, 7) is 3.89. The summed E-state index contributed by atoms with van der Waals surface area (Å²) >= 11 is 0. The van der Waals surface area contributed by atoms with E-state index in [1.165, 1.54) is 11.4 Å². The number of phenols is 1. The van der Waals surface area contributed by atoms with Crippen molar-refractivity contribution in [2.24, 2.45) is 11.0 Å². The molecular formula is C24H27N3O3. The van der Waals surface area contributed by atoms with Gasteiger partial charge in [0.2, 0.25) is 0 Å². The molecule has 0 saturated heterocycles.